The summed E-state index contributed by atoms with van der Waals surface area (Å²) in [6, 6.07) is 8.95. The minimum Gasteiger partial charge on any atom is -0.495 e. The Bertz CT molecular complexity index is 1310. The molecule has 4 atom stereocenters. The zero-order valence-corrected chi connectivity index (χ0v) is 19.6. The fourth-order valence-electron chi connectivity index (χ4n) is 6.38. The number of rotatable bonds is 3. The van der Waals surface area contributed by atoms with E-state index in [1.54, 1.807) is 6.07 Å². The summed E-state index contributed by atoms with van der Waals surface area (Å²) in [6.45, 7) is 0.595. The van der Waals surface area contributed by atoms with Crippen molar-refractivity contribution in [3.8, 4) is 5.75 Å². The standard InChI is InChI=1S/C23H19BrN4O6/c1-34-17-7-5-12(28(32)33)10-16(17)27-20(29)18-15-3-2-8-26(15)23(19(18)21(27)30)13-9-11(24)4-6-14(13)25-22(23)31/h4-7,9-10,15,18-19H,2-3,8H2,1H3,(H,25,31). The molecule has 6 rings (SSSR count). The lowest BCUT2D eigenvalue weighted by Crippen LogP contribution is -2.54. The van der Waals surface area contributed by atoms with Crippen LogP contribution in [-0.4, -0.2) is 47.2 Å². The first-order valence-corrected chi connectivity index (χ1v) is 11.7. The largest absolute Gasteiger partial charge is 0.495 e. The zero-order valence-electron chi connectivity index (χ0n) is 18.0. The van der Waals surface area contributed by atoms with E-state index in [2.05, 4.69) is 21.2 Å². The molecule has 0 aliphatic carbocycles. The van der Waals surface area contributed by atoms with Crippen LogP contribution in [0.15, 0.2) is 40.9 Å². The summed E-state index contributed by atoms with van der Waals surface area (Å²) < 4.78 is 6.10. The number of carbonyl (C=O) groups is 3. The Morgan fingerprint density at radius 3 is 2.71 bits per heavy atom. The van der Waals surface area contributed by atoms with E-state index in [1.165, 1.54) is 25.3 Å². The first kappa shape index (κ1) is 21.2. The van der Waals surface area contributed by atoms with Gasteiger partial charge in [0.05, 0.1) is 23.9 Å². The Labute approximate surface area is 202 Å². The summed E-state index contributed by atoms with van der Waals surface area (Å²) in [6.07, 6.45) is 1.48. The van der Waals surface area contributed by atoms with Crippen molar-refractivity contribution in [3.63, 3.8) is 0 Å². The Kier molecular flexibility index (Phi) is 4.43. The van der Waals surface area contributed by atoms with Crippen molar-refractivity contribution in [2.45, 2.75) is 24.4 Å². The monoisotopic (exact) mass is 526 g/mol. The van der Waals surface area contributed by atoms with Gasteiger partial charge in [0.2, 0.25) is 17.7 Å². The minimum absolute atomic E-state index is 0.0219. The summed E-state index contributed by atoms with van der Waals surface area (Å²) in [5.41, 5.74) is -0.279. The van der Waals surface area contributed by atoms with Crippen molar-refractivity contribution >= 4 is 50.7 Å². The average molecular weight is 527 g/mol. The van der Waals surface area contributed by atoms with E-state index >= 15 is 0 Å². The predicted molar refractivity (Wildman–Crippen MR) is 123 cm³/mol. The van der Waals surface area contributed by atoms with Gasteiger partial charge in [-0.15, -0.1) is 0 Å². The number of ether oxygens (including phenoxy) is 1. The first-order chi connectivity index (χ1) is 16.3. The van der Waals surface area contributed by atoms with E-state index in [4.69, 9.17) is 4.74 Å². The molecule has 0 aromatic heterocycles. The van der Waals surface area contributed by atoms with Gasteiger partial charge in [-0.2, -0.15) is 0 Å². The SMILES string of the molecule is COc1ccc([N+](=O)[O-])cc1N1C(=O)C2C3CCCN3C3(C(=O)Nc4ccc(Br)cc43)C2C1=O. The van der Waals surface area contributed by atoms with Crippen molar-refractivity contribution in [2.75, 3.05) is 23.9 Å². The van der Waals surface area contributed by atoms with Crippen LogP contribution in [0.2, 0.25) is 0 Å². The highest BCUT2D eigenvalue weighted by Crippen LogP contribution is 2.61. The van der Waals surface area contributed by atoms with Gasteiger partial charge in [0.15, 0.2) is 0 Å². The topological polar surface area (TPSA) is 122 Å². The van der Waals surface area contributed by atoms with Crippen LogP contribution in [0.5, 0.6) is 5.75 Å². The van der Waals surface area contributed by atoms with Crippen LogP contribution in [0.4, 0.5) is 17.1 Å². The van der Waals surface area contributed by atoms with E-state index in [0.29, 0.717) is 24.2 Å². The summed E-state index contributed by atoms with van der Waals surface area (Å²) in [5.74, 6) is -2.86. The van der Waals surface area contributed by atoms with Gasteiger partial charge in [-0.3, -0.25) is 29.4 Å². The van der Waals surface area contributed by atoms with Crippen LogP contribution in [0.3, 0.4) is 0 Å². The highest BCUT2D eigenvalue weighted by atomic mass is 79.9. The number of anilines is 2. The third-order valence-electron chi connectivity index (χ3n) is 7.57. The van der Waals surface area contributed by atoms with Gasteiger partial charge < -0.3 is 10.1 Å². The second-order valence-electron chi connectivity index (χ2n) is 8.94. The number of halogens is 1. The molecule has 4 unspecified atom stereocenters. The van der Waals surface area contributed by atoms with Crippen LogP contribution in [0, 0.1) is 22.0 Å². The summed E-state index contributed by atoms with van der Waals surface area (Å²) in [7, 11) is 1.37. The minimum atomic E-state index is -1.32. The van der Waals surface area contributed by atoms with Crippen LogP contribution < -0.4 is 15.0 Å². The maximum atomic E-state index is 14.0. The molecule has 0 bridgehead atoms. The normalized spacial score (nSPS) is 29.4. The number of amides is 3. The van der Waals surface area contributed by atoms with Crippen molar-refractivity contribution in [1.82, 2.24) is 4.90 Å². The first-order valence-electron chi connectivity index (χ1n) is 10.9. The lowest BCUT2D eigenvalue weighted by molar-refractivity contribution is -0.384. The number of nitro groups is 1. The molecule has 3 fully saturated rings. The lowest BCUT2D eigenvalue weighted by atomic mass is 9.75. The Hall–Kier alpha value is -3.31. The van der Waals surface area contributed by atoms with Crippen LogP contribution in [0.25, 0.3) is 0 Å². The number of fused-ring (bicyclic) bond motifs is 7. The molecule has 4 aliphatic rings. The fraction of sp³-hybridized carbons (Fsp3) is 0.348. The van der Waals surface area contributed by atoms with E-state index < -0.39 is 34.1 Å². The molecular weight excluding hydrogens is 508 g/mol. The number of hydrogen-bond donors (Lipinski definition) is 1. The number of benzene rings is 2. The highest BCUT2D eigenvalue weighted by Gasteiger charge is 2.74. The second kappa shape index (κ2) is 7.09. The number of nitrogens with one attached hydrogen (secondary N) is 1. The molecule has 3 amide bonds. The number of non-ortho nitro benzene ring substituents is 1. The molecule has 34 heavy (non-hydrogen) atoms. The van der Waals surface area contributed by atoms with Gasteiger partial charge >= 0.3 is 0 Å². The molecule has 2 aromatic rings. The van der Waals surface area contributed by atoms with Crippen molar-refractivity contribution < 1.29 is 24.0 Å². The van der Waals surface area contributed by atoms with Gasteiger partial charge in [0, 0.05) is 33.9 Å². The summed E-state index contributed by atoms with van der Waals surface area (Å²) >= 11 is 3.48. The number of methoxy groups -OCH3 is 1. The fourth-order valence-corrected chi connectivity index (χ4v) is 6.74. The molecule has 11 heteroatoms. The van der Waals surface area contributed by atoms with E-state index in [0.717, 1.165) is 15.8 Å². The van der Waals surface area contributed by atoms with E-state index in [1.807, 2.05) is 17.0 Å². The maximum absolute atomic E-state index is 14.0. The van der Waals surface area contributed by atoms with Crippen LogP contribution >= 0.6 is 15.9 Å². The van der Waals surface area contributed by atoms with Gasteiger partial charge in [-0.05, 0) is 43.7 Å². The number of nitro benzene ring substituents is 1. The third-order valence-corrected chi connectivity index (χ3v) is 8.06. The molecule has 4 heterocycles. The quantitative estimate of drug-likeness (QED) is 0.370. The van der Waals surface area contributed by atoms with Crippen molar-refractivity contribution in [1.29, 1.82) is 0 Å². The second-order valence-corrected chi connectivity index (χ2v) is 9.86. The molecule has 1 spiro atoms. The van der Waals surface area contributed by atoms with Crippen LogP contribution in [-0.2, 0) is 19.9 Å². The van der Waals surface area contributed by atoms with E-state index in [-0.39, 0.29) is 29.1 Å². The van der Waals surface area contributed by atoms with Gasteiger partial charge in [0.25, 0.3) is 5.69 Å². The van der Waals surface area contributed by atoms with Crippen molar-refractivity contribution in [2.24, 2.45) is 11.8 Å². The molecule has 3 saturated heterocycles. The molecule has 1 N–H and O–H groups in total. The Balaban J connectivity index is 1.56. The molecule has 0 radical (unpaired) electrons. The zero-order chi connectivity index (χ0) is 23.9. The maximum Gasteiger partial charge on any atom is 0.271 e. The summed E-state index contributed by atoms with van der Waals surface area (Å²) in [4.78, 5) is 55.3. The molecule has 174 valence electrons. The number of imide groups is 1. The van der Waals surface area contributed by atoms with E-state index in [9.17, 15) is 24.5 Å². The molecule has 10 nitrogen and oxygen atoms in total. The lowest BCUT2D eigenvalue weighted by Gasteiger charge is -2.36. The Morgan fingerprint density at radius 1 is 1.18 bits per heavy atom. The predicted octanol–water partition coefficient (Wildman–Crippen LogP) is 2.80. The van der Waals surface area contributed by atoms with Crippen LogP contribution in [0.1, 0.15) is 18.4 Å². The van der Waals surface area contributed by atoms with Gasteiger partial charge in [-0.1, -0.05) is 15.9 Å². The molecule has 4 aliphatic heterocycles. The Morgan fingerprint density at radius 2 is 1.97 bits per heavy atom. The van der Waals surface area contributed by atoms with Gasteiger partial charge in [-0.25, -0.2) is 4.90 Å². The van der Waals surface area contributed by atoms with Gasteiger partial charge in [0.1, 0.15) is 17.0 Å². The number of carbonyl (C=O) groups excluding carboxylic acids is 3. The highest BCUT2D eigenvalue weighted by molar-refractivity contribution is 9.10. The molecular formula is C23H19BrN4O6. The molecule has 0 saturated carbocycles. The summed E-state index contributed by atoms with van der Waals surface area (Å²) in [5, 5.41) is 14.3. The smallest absolute Gasteiger partial charge is 0.271 e. The average Bonchev–Trinajstić information content (AvgIpc) is 3.52. The van der Waals surface area contributed by atoms with Crippen molar-refractivity contribution in [3.05, 3.63) is 56.5 Å². The number of hydrogen-bond acceptors (Lipinski definition) is 7. The molecule has 2 aromatic carbocycles. The third kappa shape index (κ3) is 2.45. The number of nitrogens with zero attached hydrogens (tertiary/aromatic N) is 3.